The van der Waals surface area contributed by atoms with Gasteiger partial charge in [0.1, 0.15) is 9.88 Å². The second-order valence-corrected chi connectivity index (χ2v) is 5.18. The van der Waals surface area contributed by atoms with Crippen molar-refractivity contribution >= 4 is 32.3 Å². The summed E-state index contributed by atoms with van der Waals surface area (Å²) in [4.78, 5) is 10.5. The van der Waals surface area contributed by atoms with Gasteiger partial charge in [0.05, 0.1) is 6.26 Å². The van der Waals surface area contributed by atoms with Crippen molar-refractivity contribution in [2.24, 2.45) is 0 Å². The maximum Gasteiger partial charge on any atom is 0.345 e. The van der Waals surface area contributed by atoms with Gasteiger partial charge in [0.15, 0.2) is 0 Å². The number of aromatic carboxylic acids is 1. The fourth-order valence-electron chi connectivity index (χ4n) is 0.690. The Morgan fingerprint density at radius 2 is 2.15 bits per heavy atom. The highest BCUT2D eigenvalue weighted by Gasteiger charge is 2.09. The minimum absolute atomic E-state index is 0.103. The van der Waals surface area contributed by atoms with Crippen molar-refractivity contribution in [3.63, 3.8) is 0 Å². The third kappa shape index (κ3) is 3.03. The van der Waals surface area contributed by atoms with E-state index in [9.17, 15) is 13.2 Å². The van der Waals surface area contributed by atoms with Crippen molar-refractivity contribution in [3.8, 4) is 0 Å². The van der Waals surface area contributed by atoms with Gasteiger partial charge in [0, 0.05) is 0 Å². The lowest BCUT2D eigenvalue weighted by molar-refractivity contribution is 0.0702. The van der Waals surface area contributed by atoms with Crippen LogP contribution in [0.15, 0.2) is 12.1 Å². The molecule has 0 unspecified atom stereocenters. The van der Waals surface area contributed by atoms with E-state index in [4.69, 9.17) is 5.11 Å². The van der Waals surface area contributed by atoms with Crippen molar-refractivity contribution in [3.05, 3.63) is 17.0 Å². The SMILES string of the molecule is CS(=O)(=O)Nc1ccc(C(=O)O)s1. The molecule has 0 saturated carbocycles. The molecule has 0 fully saturated rings. The van der Waals surface area contributed by atoms with Crippen LogP contribution >= 0.6 is 11.3 Å². The first kappa shape index (κ1) is 10.0. The molecule has 0 saturated heterocycles. The zero-order valence-corrected chi connectivity index (χ0v) is 8.28. The summed E-state index contributed by atoms with van der Waals surface area (Å²) in [6.45, 7) is 0. The summed E-state index contributed by atoms with van der Waals surface area (Å²) in [5, 5.41) is 8.84. The monoisotopic (exact) mass is 221 g/mol. The number of thiophene rings is 1. The number of hydrogen-bond donors (Lipinski definition) is 2. The molecule has 0 bridgehead atoms. The quantitative estimate of drug-likeness (QED) is 0.791. The van der Waals surface area contributed by atoms with E-state index < -0.39 is 16.0 Å². The standard InChI is InChI=1S/C6H7NO4S2/c1-13(10,11)7-5-3-2-4(12-5)6(8)9/h2-3,7H,1H3,(H,8,9). The van der Waals surface area contributed by atoms with Crippen LogP contribution in [0.2, 0.25) is 0 Å². The molecular weight excluding hydrogens is 214 g/mol. The van der Waals surface area contributed by atoms with E-state index in [0.717, 1.165) is 17.6 Å². The summed E-state index contributed by atoms with van der Waals surface area (Å²) in [6.07, 6.45) is 1.01. The summed E-state index contributed by atoms with van der Waals surface area (Å²) in [5.41, 5.74) is 0. The Kier molecular flexibility index (Phi) is 2.58. The number of nitrogens with one attached hydrogen (secondary N) is 1. The summed E-state index contributed by atoms with van der Waals surface area (Å²) in [5.74, 6) is -1.06. The predicted molar refractivity (Wildman–Crippen MR) is 49.7 cm³/mol. The Balaban J connectivity index is 2.87. The Labute approximate surface area is 79.1 Å². The van der Waals surface area contributed by atoms with Crippen molar-refractivity contribution in [1.29, 1.82) is 0 Å². The van der Waals surface area contributed by atoms with Gasteiger partial charge in [0.2, 0.25) is 10.0 Å². The molecule has 0 amide bonds. The van der Waals surface area contributed by atoms with Crippen LogP contribution in [0.5, 0.6) is 0 Å². The molecule has 72 valence electrons. The van der Waals surface area contributed by atoms with E-state index in [1.807, 2.05) is 0 Å². The minimum Gasteiger partial charge on any atom is -0.477 e. The van der Waals surface area contributed by atoms with Crippen LogP contribution in [-0.4, -0.2) is 25.7 Å². The Bertz CT molecular complexity index is 420. The van der Waals surface area contributed by atoms with Gasteiger partial charge in [-0.2, -0.15) is 0 Å². The number of carboxylic acid groups (broad SMARTS) is 1. The van der Waals surface area contributed by atoms with Crippen molar-refractivity contribution in [1.82, 2.24) is 0 Å². The van der Waals surface area contributed by atoms with Crippen LogP contribution in [0.25, 0.3) is 0 Å². The Morgan fingerprint density at radius 1 is 1.54 bits per heavy atom. The van der Waals surface area contributed by atoms with Gasteiger partial charge < -0.3 is 5.11 Å². The molecular formula is C6H7NO4S2. The number of hydrogen-bond acceptors (Lipinski definition) is 4. The number of rotatable bonds is 3. The molecule has 0 aliphatic carbocycles. The zero-order valence-electron chi connectivity index (χ0n) is 6.64. The molecule has 1 heterocycles. The van der Waals surface area contributed by atoms with Gasteiger partial charge >= 0.3 is 5.97 Å². The first-order valence-corrected chi connectivity index (χ1v) is 5.90. The van der Waals surface area contributed by atoms with Gasteiger partial charge in [-0.1, -0.05) is 0 Å². The average molecular weight is 221 g/mol. The molecule has 0 aliphatic heterocycles. The van der Waals surface area contributed by atoms with Gasteiger partial charge in [-0.05, 0) is 12.1 Å². The van der Waals surface area contributed by atoms with E-state index in [0.29, 0.717) is 5.00 Å². The van der Waals surface area contributed by atoms with E-state index in [1.54, 1.807) is 0 Å². The maximum absolute atomic E-state index is 10.7. The van der Waals surface area contributed by atoms with Crippen molar-refractivity contribution < 1.29 is 18.3 Å². The second-order valence-electron chi connectivity index (χ2n) is 2.34. The molecule has 0 aliphatic rings. The van der Waals surface area contributed by atoms with Crippen LogP contribution in [-0.2, 0) is 10.0 Å². The van der Waals surface area contributed by atoms with Gasteiger partial charge in [-0.15, -0.1) is 11.3 Å². The lowest BCUT2D eigenvalue weighted by Gasteiger charge is -1.97. The number of anilines is 1. The summed E-state index contributed by atoms with van der Waals surface area (Å²) in [6, 6.07) is 2.76. The minimum atomic E-state index is -3.32. The van der Waals surface area contributed by atoms with Crippen LogP contribution < -0.4 is 4.72 Å². The predicted octanol–water partition coefficient (Wildman–Crippen LogP) is 0.818. The first-order valence-electron chi connectivity index (χ1n) is 3.19. The maximum atomic E-state index is 10.7. The number of sulfonamides is 1. The first-order chi connectivity index (χ1) is 5.88. The highest BCUT2D eigenvalue weighted by molar-refractivity contribution is 7.92. The summed E-state index contributed by atoms with van der Waals surface area (Å²) in [7, 11) is -3.32. The van der Waals surface area contributed by atoms with Crippen LogP contribution in [0, 0.1) is 0 Å². The molecule has 0 aromatic carbocycles. The fourth-order valence-corrected chi connectivity index (χ4v) is 2.34. The largest absolute Gasteiger partial charge is 0.477 e. The molecule has 13 heavy (non-hydrogen) atoms. The highest BCUT2D eigenvalue weighted by atomic mass is 32.2. The Hall–Kier alpha value is -1.08. The smallest absolute Gasteiger partial charge is 0.345 e. The normalized spacial score (nSPS) is 11.2. The molecule has 1 rings (SSSR count). The summed E-state index contributed by atoms with van der Waals surface area (Å²) >= 11 is 0.878. The lowest BCUT2D eigenvalue weighted by atomic mass is 10.5. The molecule has 0 spiro atoms. The second kappa shape index (κ2) is 3.35. The van der Waals surface area contributed by atoms with E-state index >= 15 is 0 Å². The third-order valence-corrected chi connectivity index (χ3v) is 2.81. The Morgan fingerprint density at radius 3 is 2.54 bits per heavy atom. The topological polar surface area (TPSA) is 83.5 Å². The molecule has 2 N–H and O–H groups in total. The third-order valence-electron chi connectivity index (χ3n) is 1.10. The van der Waals surface area contributed by atoms with Crippen LogP contribution in [0.3, 0.4) is 0 Å². The molecule has 0 radical (unpaired) electrons. The van der Waals surface area contributed by atoms with E-state index in [1.165, 1.54) is 12.1 Å². The molecule has 5 nitrogen and oxygen atoms in total. The van der Waals surface area contributed by atoms with Gasteiger partial charge in [-0.3, -0.25) is 4.72 Å². The lowest BCUT2D eigenvalue weighted by Crippen LogP contribution is -2.07. The summed E-state index contributed by atoms with van der Waals surface area (Å²) < 4.78 is 23.6. The number of carbonyl (C=O) groups is 1. The van der Waals surface area contributed by atoms with Crippen LogP contribution in [0.1, 0.15) is 9.67 Å². The van der Waals surface area contributed by atoms with E-state index in [2.05, 4.69) is 4.72 Å². The van der Waals surface area contributed by atoms with Crippen molar-refractivity contribution in [2.75, 3.05) is 11.0 Å². The highest BCUT2D eigenvalue weighted by Crippen LogP contribution is 2.22. The molecule has 0 atom stereocenters. The van der Waals surface area contributed by atoms with Crippen LogP contribution in [0.4, 0.5) is 5.00 Å². The average Bonchev–Trinajstić information content (AvgIpc) is 2.31. The van der Waals surface area contributed by atoms with Gasteiger partial charge in [0.25, 0.3) is 0 Å². The zero-order chi connectivity index (χ0) is 10.1. The molecule has 7 heteroatoms. The number of carboxylic acids is 1. The fraction of sp³-hybridized carbons (Fsp3) is 0.167. The van der Waals surface area contributed by atoms with E-state index in [-0.39, 0.29) is 4.88 Å². The molecule has 1 aromatic heterocycles. The van der Waals surface area contributed by atoms with Gasteiger partial charge in [-0.25, -0.2) is 13.2 Å². The van der Waals surface area contributed by atoms with Crippen molar-refractivity contribution in [2.45, 2.75) is 0 Å². The molecule has 1 aromatic rings.